The molecule has 3 aromatic rings. The fourth-order valence-corrected chi connectivity index (χ4v) is 3.11. The Kier molecular flexibility index (Phi) is 6.98. The molecule has 0 aliphatic heterocycles. The fraction of sp³-hybridized carbons (Fsp3) is 0.333. The summed E-state index contributed by atoms with van der Waals surface area (Å²) in [5, 5.41) is 5.48. The van der Waals surface area contributed by atoms with Crippen LogP contribution in [-0.2, 0) is 11.3 Å². The summed E-state index contributed by atoms with van der Waals surface area (Å²) in [4.78, 5) is 42.5. The highest BCUT2D eigenvalue weighted by Crippen LogP contribution is 2.18. The number of rotatable bonds is 8. The third kappa shape index (κ3) is 5.56. The minimum Gasteiger partial charge on any atom is -0.382 e. The van der Waals surface area contributed by atoms with Crippen molar-refractivity contribution in [3.8, 4) is 0 Å². The number of aromatic nitrogens is 4. The van der Waals surface area contributed by atoms with E-state index in [9.17, 15) is 9.59 Å². The molecule has 2 heterocycles. The lowest BCUT2D eigenvalue weighted by Gasteiger charge is -2.19. The van der Waals surface area contributed by atoms with E-state index < -0.39 is 0 Å². The van der Waals surface area contributed by atoms with Crippen molar-refractivity contribution in [3.63, 3.8) is 0 Å². The predicted octanol–water partition coefficient (Wildman–Crippen LogP) is 0.865. The molecule has 0 radical (unpaired) electrons. The van der Waals surface area contributed by atoms with Crippen LogP contribution in [0, 0.1) is 0 Å². The average Bonchev–Trinajstić information content (AvgIpc) is 2.77. The number of fused-ring (bicyclic) bond motifs is 1. The Labute approximate surface area is 185 Å². The number of nitrogens with two attached hydrogens (primary N) is 2. The molecule has 2 aromatic heterocycles. The van der Waals surface area contributed by atoms with Crippen LogP contribution in [0.1, 0.15) is 35.8 Å². The van der Waals surface area contributed by atoms with Crippen molar-refractivity contribution in [2.75, 3.05) is 30.5 Å². The summed E-state index contributed by atoms with van der Waals surface area (Å²) < 4.78 is 0. The molecular weight excluding hydrogens is 410 g/mol. The molecule has 0 saturated heterocycles. The zero-order chi connectivity index (χ0) is 23.3. The molecule has 168 valence electrons. The van der Waals surface area contributed by atoms with Crippen LogP contribution in [-0.4, -0.2) is 51.9 Å². The van der Waals surface area contributed by atoms with Crippen LogP contribution in [0.4, 0.5) is 17.5 Å². The van der Waals surface area contributed by atoms with E-state index >= 15 is 0 Å². The number of carbonyl (C=O) groups is 2. The molecule has 1 atom stereocenters. The van der Waals surface area contributed by atoms with Gasteiger partial charge >= 0.3 is 0 Å². The molecule has 32 heavy (non-hydrogen) atoms. The third-order valence-corrected chi connectivity index (χ3v) is 4.93. The SMILES string of the molecule is CNC(=O)CCC(C)NC(=O)c1ccc(N(C)Cc2cnc3nc(N)nc(N)c3n2)cc1. The third-order valence-electron chi connectivity index (χ3n) is 4.93. The van der Waals surface area contributed by atoms with Crippen LogP contribution in [0.3, 0.4) is 0 Å². The quantitative estimate of drug-likeness (QED) is 0.400. The van der Waals surface area contributed by atoms with Crippen LogP contribution in [0.2, 0.25) is 0 Å². The molecule has 2 amide bonds. The van der Waals surface area contributed by atoms with Crippen molar-refractivity contribution in [1.29, 1.82) is 0 Å². The van der Waals surface area contributed by atoms with Gasteiger partial charge in [0.15, 0.2) is 17.0 Å². The molecule has 0 spiro atoms. The molecule has 1 aromatic carbocycles. The Morgan fingerprint density at radius 3 is 2.53 bits per heavy atom. The molecule has 0 bridgehead atoms. The zero-order valence-electron chi connectivity index (χ0n) is 18.3. The topological polar surface area (TPSA) is 165 Å². The summed E-state index contributed by atoms with van der Waals surface area (Å²) in [5.41, 5.74) is 14.4. The van der Waals surface area contributed by atoms with Crippen molar-refractivity contribution in [2.45, 2.75) is 32.4 Å². The first-order chi connectivity index (χ1) is 15.3. The van der Waals surface area contributed by atoms with Gasteiger partial charge in [-0.2, -0.15) is 9.97 Å². The van der Waals surface area contributed by atoms with E-state index in [4.69, 9.17) is 11.5 Å². The Bertz CT molecular complexity index is 1120. The monoisotopic (exact) mass is 437 g/mol. The molecular formula is C21H27N9O2. The van der Waals surface area contributed by atoms with Gasteiger partial charge < -0.3 is 27.0 Å². The maximum absolute atomic E-state index is 12.4. The summed E-state index contributed by atoms with van der Waals surface area (Å²) >= 11 is 0. The summed E-state index contributed by atoms with van der Waals surface area (Å²) in [6, 6.07) is 7.12. The molecule has 11 heteroatoms. The molecule has 0 saturated carbocycles. The number of anilines is 3. The van der Waals surface area contributed by atoms with Crippen molar-refractivity contribution < 1.29 is 9.59 Å². The second-order valence-corrected chi connectivity index (χ2v) is 7.49. The highest BCUT2D eigenvalue weighted by Gasteiger charge is 2.13. The summed E-state index contributed by atoms with van der Waals surface area (Å²) in [7, 11) is 3.50. The van der Waals surface area contributed by atoms with Gasteiger partial charge in [0.1, 0.15) is 0 Å². The van der Waals surface area contributed by atoms with E-state index in [2.05, 4.69) is 30.6 Å². The van der Waals surface area contributed by atoms with Gasteiger partial charge in [-0.05, 0) is 37.6 Å². The van der Waals surface area contributed by atoms with E-state index in [0.29, 0.717) is 41.8 Å². The van der Waals surface area contributed by atoms with Crippen LogP contribution in [0.15, 0.2) is 30.5 Å². The zero-order valence-corrected chi connectivity index (χ0v) is 18.3. The molecule has 0 fully saturated rings. The first-order valence-electron chi connectivity index (χ1n) is 10.1. The van der Waals surface area contributed by atoms with Gasteiger partial charge in [-0.15, -0.1) is 0 Å². The number of nitrogens with one attached hydrogen (secondary N) is 2. The number of benzene rings is 1. The number of nitrogen functional groups attached to an aromatic ring is 2. The van der Waals surface area contributed by atoms with E-state index in [1.807, 2.05) is 31.0 Å². The highest BCUT2D eigenvalue weighted by atomic mass is 16.2. The van der Waals surface area contributed by atoms with Crippen LogP contribution >= 0.6 is 0 Å². The van der Waals surface area contributed by atoms with Gasteiger partial charge in [0, 0.05) is 37.8 Å². The highest BCUT2D eigenvalue weighted by molar-refractivity contribution is 5.94. The van der Waals surface area contributed by atoms with E-state index in [1.54, 1.807) is 25.4 Å². The summed E-state index contributed by atoms with van der Waals surface area (Å²) in [6.45, 7) is 2.34. The van der Waals surface area contributed by atoms with Crippen LogP contribution < -0.4 is 27.0 Å². The standard InChI is InChI=1S/C21H27N9O2/c1-12(4-9-16(31)24-2)26-20(32)13-5-7-15(8-6-13)30(3)11-14-10-25-19-17(27-14)18(22)28-21(23)29-19/h5-8,10,12H,4,9,11H2,1-3H3,(H,24,31)(H,26,32)(H4,22,23,25,28,29). The normalized spacial score (nSPS) is 11.7. The van der Waals surface area contributed by atoms with Gasteiger partial charge in [0.2, 0.25) is 11.9 Å². The van der Waals surface area contributed by atoms with Crippen molar-refractivity contribution in [1.82, 2.24) is 30.6 Å². The minimum atomic E-state index is -0.182. The van der Waals surface area contributed by atoms with Crippen molar-refractivity contribution >= 4 is 40.4 Å². The minimum absolute atomic E-state index is 0.0473. The van der Waals surface area contributed by atoms with Gasteiger partial charge in [0.05, 0.1) is 18.4 Å². The average molecular weight is 438 g/mol. The van der Waals surface area contributed by atoms with Gasteiger partial charge in [-0.1, -0.05) is 0 Å². The van der Waals surface area contributed by atoms with Gasteiger partial charge in [-0.25, -0.2) is 9.97 Å². The number of carbonyl (C=O) groups excluding carboxylic acids is 2. The Hall–Kier alpha value is -4.02. The smallest absolute Gasteiger partial charge is 0.251 e. The summed E-state index contributed by atoms with van der Waals surface area (Å²) in [6.07, 6.45) is 2.55. The van der Waals surface area contributed by atoms with Crippen molar-refractivity contribution in [3.05, 3.63) is 41.7 Å². The van der Waals surface area contributed by atoms with Crippen molar-refractivity contribution in [2.24, 2.45) is 0 Å². The molecule has 6 N–H and O–H groups in total. The second-order valence-electron chi connectivity index (χ2n) is 7.49. The van der Waals surface area contributed by atoms with Crippen LogP contribution in [0.25, 0.3) is 11.2 Å². The maximum atomic E-state index is 12.4. The number of amides is 2. The van der Waals surface area contributed by atoms with E-state index in [1.165, 1.54) is 0 Å². The molecule has 1 unspecified atom stereocenters. The van der Waals surface area contributed by atoms with Gasteiger partial charge in [0.25, 0.3) is 5.91 Å². The van der Waals surface area contributed by atoms with Gasteiger partial charge in [-0.3, -0.25) is 9.59 Å². The molecule has 0 aliphatic carbocycles. The first-order valence-corrected chi connectivity index (χ1v) is 10.1. The molecule has 0 aliphatic rings. The Morgan fingerprint density at radius 2 is 1.84 bits per heavy atom. The lowest BCUT2D eigenvalue weighted by molar-refractivity contribution is -0.120. The predicted molar refractivity (Wildman–Crippen MR) is 123 cm³/mol. The number of hydrogen-bond donors (Lipinski definition) is 4. The second kappa shape index (κ2) is 9.86. The largest absolute Gasteiger partial charge is 0.382 e. The van der Waals surface area contributed by atoms with E-state index in [0.717, 1.165) is 5.69 Å². The maximum Gasteiger partial charge on any atom is 0.251 e. The Balaban J connectivity index is 1.62. The first kappa shape index (κ1) is 22.7. The lowest BCUT2D eigenvalue weighted by atomic mass is 10.1. The number of nitrogens with zero attached hydrogens (tertiary/aromatic N) is 5. The fourth-order valence-electron chi connectivity index (χ4n) is 3.11. The molecule has 3 rings (SSSR count). The number of hydrogen-bond acceptors (Lipinski definition) is 9. The molecule has 11 nitrogen and oxygen atoms in total. The van der Waals surface area contributed by atoms with Crippen LogP contribution in [0.5, 0.6) is 0 Å². The lowest BCUT2D eigenvalue weighted by Crippen LogP contribution is -2.33. The van der Waals surface area contributed by atoms with E-state index in [-0.39, 0.29) is 29.6 Å². The Morgan fingerprint density at radius 1 is 1.12 bits per heavy atom. The summed E-state index contributed by atoms with van der Waals surface area (Å²) in [5.74, 6) is 0.0104.